The van der Waals surface area contributed by atoms with E-state index in [9.17, 15) is 4.79 Å². The van der Waals surface area contributed by atoms with Crippen LogP contribution >= 0.6 is 0 Å². The summed E-state index contributed by atoms with van der Waals surface area (Å²) in [4.78, 5) is 15.1. The van der Waals surface area contributed by atoms with E-state index in [0.29, 0.717) is 26.4 Å². The maximum Gasteiger partial charge on any atom is 0.288 e. The first kappa shape index (κ1) is 10.1. The van der Waals surface area contributed by atoms with Gasteiger partial charge in [0.1, 0.15) is 6.33 Å². The minimum Gasteiger partial charge on any atom is -0.376 e. The molecule has 2 N–H and O–H groups in total. The minimum absolute atomic E-state index is 0.0781. The van der Waals surface area contributed by atoms with Crippen molar-refractivity contribution in [1.29, 1.82) is 0 Å². The van der Waals surface area contributed by atoms with Crippen LogP contribution in [0.1, 0.15) is 10.6 Å². The van der Waals surface area contributed by atoms with Crippen molar-refractivity contribution in [3.05, 3.63) is 12.2 Å². The number of hydrogen-bond donors (Lipinski definition) is 2. The number of H-pyrrole nitrogens is 1. The Labute approximate surface area is 86.2 Å². The summed E-state index contributed by atoms with van der Waals surface area (Å²) in [6.45, 7) is 2.12. The Morgan fingerprint density at radius 3 is 3.27 bits per heavy atom. The van der Waals surface area contributed by atoms with E-state index < -0.39 is 0 Å². The molecule has 0 aromatic carbocycles. The van der Waals surface area contributed by atoms with Crippen LogP contribution in [0.4, 0.5) is 0 Å². The average molecular weight is 212 g/mol. The van der Waals surface area contributed by atoms with E-state index in [1.54, 1.807) is 0 Å². The lowest BCUT2D eigenvalue weighted by Crippen LogP contribution is -2.40. The molecular formula is C8H12N4O3. The Bertz CT molecular complexity index is 308. The van der Waals surface area contributed by atoms with Crippen molar-refractivity contribution in [3.8, 4) is 0 Å². The molecule has 7 nitrogen and oxygen atoms in total. The first-order valence-corrected chi connectivity index (χ1v) is 4.69. The van der Waals surface area contributed by atoms with Crippen molar-refractivity contribution in [2.75, 3.05) is 26.4 Å². The van der Waals surface area contributed by atoms with Gasteiger partial charge in [-0.1, -0.05) is 0 Å². The molecule has 15 heavy (non-hydrogen) atoms. The second kappa shape index (κ2) is 4.85. The number of carbonyl (C=O) groups excluding carboxylic acids is 1. The van der Waals surface area contributed by atoms with Crippen LogP contribution in [0.3, 0.4) is 0 Å². The van der Waals surface area contributed by atoms with Crippen LogP contribution in [-0.4, -0.2) is 53.6 Å². The third kappa shape index (κ3) is 2.74. The van der Waals surface area contributed by atoms with E-state index in [1.807, 2.05) is 0 Å². The highest BCUT2D eigenvalue weighted by Crippen LogP contribution is 1.99. The molecule has 1 aromatic rings. The molecule has 1 aromatic heterocycles. The molecule has 0 radical (unpaired) electrons. The molecule has 2 heterocycles. The summed E-state index contributed by atoms with van der Waals surface area (Å²) in [5.74, 6) is -0.0894. The van der Waals surface area contributed by atoms with Crippen molar-refractivity contribution in [2.24, 2.45) is 0 Å². The summed E-state index contributed by atoms with van der Waals surface area (Å²) in [5.41, 5.74) is 0. The summed E-state index contributed by atoms with van der Waals surface area (Å²) < 4.78 is 10.6. The number of aromatic nitrogens is 3. The SMILES string of the molecule is O=C(NCC1COCCO1)c1ncn[nH]1. The van der Waals surface area contributed by atoms with Crippen LogP contribution < -0.4 is 5.32 Å². The highest BCUT2D eigenvalue weighted by atomic mass is 16.6. The van der Waals surface area contributed by atoms with Crippen molar-refractivity contribution in [3.63, 3.8) is 0 Å². The van der Waals surface area contributed by atoms with E-state index in [0.717, 1.165) is 0 Å². The Morgan fingerprint density at radius 2 is 2.60 bits per heavy atom. The number of carbonyl (C=O) groups is 1. The third-order valence-corrected chi connectivity index (χ3v) is 2.01. The highest BCUT2D eigenvalue weighted by molar-refractivity contribution is 5.90. The molecule has 1 unspecified atom stereocenters. The largest absolute Gasteiger partial charge is 0.376 e. The quantitative estimate of drug-likeness (QED) is 0.667. The van der Waals surface area contributed by atoms with Crippen LogP contribution in [-0.2, 0) is 9.47 Å². The number of nitrogens with one attached hydrogen (secondary N) is 2. The van der Waals surface area contributed by atoms with E-state index in [-0.39, 0.29) is 17.8 Å². The molecular weight excluding hydrogens is 200 g/mol. The van der Waals surface area contributed by atoms with Gasteiger partial charge in [0, 0.05) is 6.54 Å². The lowest BCUT2D eigenvalue weighted by molar-refractivity contribution is -0.0855. The lowest BCUT2D eigenvalue weighted by atomic mass is 10.3. The summed E-state index contributed by atoms with van der Waals surface area (Å²) in [6.07, 6.45) is 1.21. The fourth-order valence-electron chi connectivity index (χ4n) is 1.26. The fourth-order valence-corrected chi connectivity index (χ4v) is 1.26. The zero-order valence-electron chi connectivity index (χ0n) is 8.10. The molecule has 0 bridgehead atoms. The number of rotatable bonds is 3. The standard InChI is InChI=1S/C8H12N4O3/c13-8(7-10-5-11-12-7)9-3-6-4-14-1-2-15-6/h5-6H,1-4H2,(H,9,13)(H,10,11,12). The Balaban J connectivity index is 1.75. The number of ether oxygens (including phenoxy) is 2. The zero-order chi connectivity index (χ0) is 10.5. The maximum absolute atomic E-state index is 11.4. The second-order valence-electron chi connectivity index (χ2n) is 3.11. The predicted molar refractivity (Wildman–Crippen MR) is 49.3 cm³/mol. The predicted octanol–water partition coefficient (Wildman–Crippen LogP) is -1.05. The van der Waals surface area contributed by atoms with Crippen molar-refractivity contribution in [1.82, 2.24) is 20.5 Å². The van der Waals surface area contributed by atoms with Gasteiger partial charge in [0.25, 0.3) is 5.91 Å². The lowest BCUT2D eigenvalue weighted by Gasteiger charge is -2.22. The van der Waals surface area contributed by atoms with Gasteiger partial charge < -0.3 is 14.8 Å². The molecule has 1 aliphatic rings. The fraction of sp³-hybridized carbons (Fsp3) is 0.625. The van der Waals surface area contributed by atoms with Crippen LogP contribution in [0.15, 0.2) is 6.33 Å². The molecule has 1 aliphatic heterocycles. The number of aromatic amines is 1. The van der Waals surface area contributed by atoms with Gasteiger partial charge >= 0.3 is 0 Å². The van der Waals surface area contributed by atoms with Crippen molar-refractivity contribution in [2.45, 2.75) is 6.10 Å². The van der Waals surface area contributed by atoms with Gasteiger partial charge in [-0.3, -0.25) is 9.89 Å². The van der Waals surface area contributed by atoms with Gasteiger partial charge in [-0.2, -0.15) is 5.10 Å². The Hall–Kier alpha value is -1.47. The number of nitrogens with zero attached hydrogens (tertiary/aromatic N) is 2. The third-order valence-electron chi connectivity index (χ3n) is 2.01. The van der Waals surface area contributed by atoms with Crippen LogP contribution in [0.5, 0.6) is 0 Å². The first-order valence-electron chi connectivity index (χ1n) is 4.69. The Morgan fingerprint density at radius 1 is 1.67 bits per heavy atom. The van der Waals surface area contributed by atoms with Gasteiger partial charge in [-0.05, 0) is 0 Å². The first-order chi connectivity index (χ1) is 7.36. The van der Waals surface area contributed by atoms with E-state index in [2.05, 4.69) is 20.5 Å². The van der Waals surface area contributed by atoms with Crippen molar-refractivity contribution >= 4 is 5.91 Å². The average Bonchev–Trinajstić information content (AvgIpc) is 2.81. The summed E-state index contributed by atoms with van der Waals surface area (Å²) >= 11 is 0. The summed E-state index contributed by atoms with van der Waals surface area (Å²) in [5, 5.41) is 8.74. The Kier molecular flexibility index (Phi) is 3.25. The zero-order valence-corrected chi connectivity index (χ0v) is 8.10. The summed E-state index contributed by atoms with van der Waals surface area (Å²) in [7, 11) is 0. The van der Waals surface area contributed by atoms with E-state index in [1.165, 1.54) is 6.33 Å². The van der Waals surface area contributed by atoms with Gasteiger partial charge in [-0.15, -0.1) is 0 Å². The van der Waals surface area contributed by atoms with E-state index >= 15 is 0 Å². The smallest absolute Gasteiger partial charge is 0.288 e. The molecule has 7 heteroatoms. The van der Waals surface area contributed by atoms with E-state index in [4.69, 9.17) is 9.47 Å². The number of hydrogen-bond acceptors (Lipinski definition) is 5. The second-order valence-corrected chi connectivity index (χ2v) is 3.11. The van der Waals surface area contributed by atoms with Gasteiger partial charge in [0.2, 0.25) is 5.82 Å². The molecule has 2 rings (SSSR count). The highest BCUT2D eigenvalue weighted by Gasteiger charge is 2.16. The van der Waals surface area contributed by atoms with Crippen LogP contribution in [0, 0.1) is 0 Å². The molecule has 1 fully saturated rings. The molecule has 0 spiro atoms. The molecule has 1 amide bonds. The minimum atomic E-state index is -0.290. The summed E-state index contributed by atoms with van der Waals surface area (Å²) in [6, 6.07) is 0. The number of amides is 1. The monoisotopic (exact) mass is 212 g/mol. The molecule has 82 valence electrons. The molecule has 1 atom stereocenters. The molecule has 0 aliphatic carbocycles. The van der Waals surface area contributed by atoms with Gasteiger partial charge in [-0.25, -0.2) is 4.98 Å². The van der Waals surface area contributed by atoms with Crippen LogP contribution in [0.2, 0.25) is 0 Å². The van der Waals surface area contributed by atoms with Gasteiger partial charge in [0.15, 0.2) is 0 Å². The van der Waals surface area contributed by atoms with Crippen LogP contribution in [0.25, 0.3) is 0 Å². The molecule has 0 saturated carbocycles. The van der Waals surface area contributed by atoms with Crippen molar-refractivity contribution < 1.29 is 14.3 Å². The topological polar surface area (TPSA) is 89.1 Å². The molecule has 1 saturated heterocycles. The van der Waals surface area contributed by atoms with Gasteiger partial charge in [0.05, 0.1) is 25.9 Å². The maximum atomic E-state index is 11.4. The normalized spacial score (nSPS) is 21.2.